The van der Waals surface area contributed by atoms with Crippen LogP contribution in [-0.4, -0.2) is 61.7 Å². The zero-order valence-electron chi connectivity index (χ0n) is 12.0. The average molecular weight is 241 g/mol. The Morgan fingerprint density at radius 1 is 0.941 bits per heavy atom. The monoisotopic (exact) mass is 241 g/mol. The molecule has 3 nitrogen and oxygen atoms in total. The number of nitrogens with one attached hydrogen (secondary N) is 1. The lowest BCUT2D eigenvalue weighted by atomic mass is 10.2. The highest BCUT2D eigenvalue weighted by Gasteiger charge is 2.14. The zero-order valence-corrected chi connectivity index (χ0v) is 12.0. The van der Waals surface area contributed by atoms with Crippen LogP contribution in [0, 0.1) is 0 Å². The molecular formula is C14H31N3. The van der Waals surface area contributed by atoms with Crippen LogP contribution in [-0.2, 0) is 0 Å². The van der Waals surface area contributed by atoms with Gasteiger partial charge < -0.3 is 15.1 Å². The molecule has 102 valence electrons. The van der Waals surface area contributed by atoms with E-state index in [4.69, 9.17) is 0 Å². The second-order valence-electron chi connectivity index (χ2n) is 5.45. The Labute approximate surface area is 108 Å². The van der Waals surface area contributed by atoms with Crippen molar-refractivity contribution in [3.05, 3.63) is 0 Å². The smallest absolute Gasteiger partial charge is 0.0110 e. The lowest BCUT2D eigenvalue weighted by Gasteiger charge is -2.34. The van der Waals surface area contributed by atoms with Crippen LogP contribution < -0.4 is 5.32 Å². The summed E-state index contributed by atoms with van der Waals surface area (Å²) in [6.07, 6.45) is 4.06. The third-order valence-electron chi connectivity index (χ3n) is 3.62. The quantitative estimate of drug-likeness (QED) is 0.654. The molecule has 0 aromatic heterocycles. The van der Waals surface area contributed by atoms with Gasteiger partial charge in [0.05, 0.1) is 0 Å². The van der Waals surface area contributed by atoms with E-state index in [0.29, 0.717) is 6.04 Å². The number of likely N-dealkylation sites (N-methyl/N-ethyl adjacent to an activating group) is 1. The normalized spacial score (nSPS) is 19.1. The van der Waals surface area contributed by atoms with E-state index in [-0.39, 0.29) is 0 Å². The highest BCUT2D eigenvalue weighted by atomic mass is 15.3. The van der Waals surface area contributed by atoms with Gasteiger partial charge >= 0.3 is 0 Å². The number of nitrogens with zero attached hydrogens (tertiary/aromatic N) is 2. The maximum Gasteiger partial charge on any atom is 0.0110 e. The molecule has 1 rings (SSSR count). The molecule has 0 saturated carbocycles. The molecular weight excluding hydrogens is 210 g/mol. The maximum atomic E-state index is 3.48. The Morgan fingerprint density at radius 2 is 1.59 bits per heavy atom. The van der Waals surface area contributed by atoms with Crippen LogP contribution in [0.15, 0.2) is 0 Å². The third-order valence-corrected chi connectivity index (χ3v) is 3.62. The molecule has 0 atom stereocenters. The first-order valence-corrected chi connectivity index (χ1v) is 7.40. The molecule has 1 aliphatic heterocycles. The van der Waals surface area contributed by atoms with Crippen LogP contribution in [0.1, 0.15) is 40.0 Å². The van der Waals surface area contributed by atoms with Gasteiger partial charge in [-0.3, -0.25) is 0 Å². The number of rotatable bonds is 8. The summed E-state index contributed by atoms with van der Waals surface area (Å²) in [7, 11) is 0. The van der Waals surface area contributed by atoms with E-state index in [2.05, 4.69) is 35.9 Å². The van der Waals surface area contributed by atoms with Crippen molar-refractivity contribution in [1.82, 2.24) is 15.1 Å². The van der Waals surface area contributed by atoms with E-state index in [0.717, 1.165) is 0 Å². The Hall–Kier alpha value is -0.120. The van der Waals surface area contributed by atoms with Gasteiger partial charge in [-0.1, -0.05) is 27.2 Å². The summed E-state index contributed by atoms with van der Waals surface area (Å²) in [6, 6.07) is 0.636. The predicted octanol–water partition coefficient (Wildman–Crippen LogP) is 1.79. The lowest BCUT2D eigenvalue weighted by Crippen LogP contribution is -2.46. The van der Waals surface area contributed by atoms with Gasteiger partial charge in [-0.25, -0.2) is 0 Å². The molecule has 1 saturated heterocycles. The van der Waals surface area contributed by atoms with Crippen LogP contribution in [0.3, 0.4) is 0 Å². The van der Waals surface area contributed by atoms with Crippen molar-refractivity contribution in [2.75, 3.05) is 45.8 Å². The number of hydrogen-bond donors (Lipinski definition) is 1. The second-order valence-corrected chi connectivity index (χ2v) is 5.45. The van der Waals surface area contributed by atoms with Crippen molar-refractivity contribution in [1.29, 1.82) is 0 Å². The van der Waals surface area contributed by atoms with E-state index >= 15 is 0 Å². The summed E-state index contributed by atoms with van der Waals surface area (Å²) in [6.45, 7) is 15.5. The number of unbranched alkanes of at least 4 members (excludes halogenated alkanes) is 2. The highest BCUT2D eigenvalue weighted by molar-refractivity contribution is 4.70. The molecule has 0 amide bonds. The Kier molecular flexibility index (Phi) is 7.82. The minimum absolute atomic E-state index is 0.636. The molecule has 0 aromatic carbocycles. The molecule has 0 aromatic rings. The standard InChI is InChI=1S/C14H31N3/c1-4-16-10-12-17(13-11-16)9-7-5-6-8-15-14(2)3/h14-15H,4-13H2,1-3H3. The van der Waals surface area contributed by atoms with Gasteiger partial charge in [0.1, 0.15) is 0 Å². The van der Waals surface area contributed by atoms with Crippen LogP contribution in [0.5, 0.6) is 0 Å². The Balaban J connectivity index is 1.90. The summed E-state index contributed by atoms with van der Waals surface area (Å²) in [5.41, 5.74) is 0. The fraction of sp³-hybridized carbons (Fsp3) is 1.00. The number of hydrogen-bond acceptors (Lipinski definition) is 3. The van der Waals surface area contributed by atoms with Gasteiger partial charge in [-0.15, -0.1) is 0 Å². The average Bonchev–Trinajstić information content (AvgIpc) is 2.34. The molecule has 0 unspecified atom stereocenters. The van der Waals surface area contributed by atoms with E-state index in [1.165, 1.54) is 65.1 Å². The minimum atomic E-state index is 0.636. The number of piperazine rings is 1. The lowest BCUT2D eigenvalue weighted by molar-refractivity contribution is 0.135. The summed E-state index contributed by atoms with van der Waals surface area (Å²) in [4.78, 5) is 5.17. The second kappa shape index (κ2) is 8.90. The molecule has 0 radical (unpaired) electrons. The largest absolute Gasteiger partial charge is 0.315 e. The van der Waals surface area contributed by atoms with Crippen LogP contribution in [0.25, 0.3) is 0 Å². The van der Waals surface area contributed by atoms with Gasteiger partial charge in [0, 0.05) is 32.2 Å². The van der Waals surface area contributed by atoms with E-state index in [1.54, 1.807) is 0 Å². The first-order valence-electron chi connectivity index (χ1n) is 7.40. The topological polar surface area (TPSA) is 18.5 Å². The van der Waals surface area contributed by atoms with E-state index in [9.17, 15) is 0 Å². The van der Waals surface area contributed by atoms with Crippen LogP contribution >= 0.6 is 0 Å². The Morgan fingerprint density at radius 3 is 2.18 bits per heavy atom. The van der Waals surface area contributed by atoms with E-state index in [1.807, 2.05) is 0 Å². The molecule has 17 heavy (non-hydrogen) atoms. The minimum Gasteiger partial charge on any atom is -0.315 e. The van der Waals surface area contributed by atoms with Crippen molar-refractivity contribution in [3.8, 4) is 0 Å². The third kappa shape index (κ3) is 7.02. The molecule has 1 fully saturated rings. The van der Waals surface area contributed by atoms with Gasteiger partial charge in [0.2, 0.25) is 0 Å². The first-order chi connectivity index (χ1) is 8.22. The summed E-state index contributed by atoms with van der Waals surface area (Å²) < 4.78 is 0. The molecule has 0 bridgehead atoms. The molecule has 0 spiro atoms. The zero-order chi connectivity index (χ0) is 12.5. The summed E-state index contributed by atoms with van der Waals surface area (Å²) in [5, 5.41) is 3.48. The fourth-order valence-electron chi connectivity index (χ4n) is 2.36. The fourth-order valence-corrected chi connectivity index (χ4v) is 2.36. The maximum absolute atomic E-state index is 3.48. The van der Waals surface area contributed by atoms with Crippen molar-refractivity contribution < 1.29 is 0 Å². The van der Waals surface area contributed by atoms with Crippen molar-refractivity contribution in [3.63, 3.8) is 0 Å². The SMILES string of the molecule is CCN1CCN(CCCCCNC(C)C)CC1. The Bertz CT molecular complexity index is 174. The van der Waals surface area contributed by atoms with Crippen molar-refractivity contribution >= 4 is 0 Å². The molecule has 1 N–H and O–H groups in total. The van der Waals surface area contributed by atoms with Crippen molar-refractivity contribution in [2.45, 2.75) is 46.1 Å². The molecule has 1 aliphatic rings. The van der Waals surface area contributed by atoms with Crippen LogP contribution in [0.4, 0.5) is 0 Å². The summed E-state index contributed by atoms with van der Waals surface area (Å²) in [5.74, 6) is 0. The van der Waals surface area contributed by atoms with Gasteiger partial charge in [-0.2, -0.15) is 0 Å². The van der Waals surface area contributed by atoms with Gasteiger partial charge in [-0.05, 0) is 32.5 Å². The van der Waals surface area contributed by atoms with Gasteiger partial charge in [0.15, 0.2) is 0 Å². The van der Waals surface area contributed by atoms with Gasteiger partial charge in [0.25, 0.3) is 0 Å². The predicted molar refractivity (Wildman–Crippen MR) is 75.5 cm³/mol. The highest BCUT2D eigenvalue weighted by Crippen LogP contribution is 2.04. The van der Waals surface area contributed by atoms with E-state index < -0.39 is 0 Å². The molecule has 3 heteroatoms. The molecule has 1 heterocycles. The first kappa shape index (κ1) is 14.9. The van der Waals surface area contributed by atoms with Crippen LogP contribution in [0.2, 0.25) is 0 Å². The molecule has 0 aliphatic carbocycles. The summed E-state index contributed by atoms with van der Waals surface area (Å²) >= 11 is 0. The van der Waals surface area contributed by atoms with Crippen molar-refractivity contribution in [2.24, 2.45) is 0 Å².